The van der Waals surface area contributed by atoms with Gasteiger partial charge in [0.1, 0.15) is 0 Å². The van der Waals surface area contributed by atoms with E-state index in [1.54, 1.807) is 0 Å². The molecule has 2 amide bonds. The molecule has 182 valence electrons. The van der Waals surface area contributed by atoms with Gasteiger partial charge in [0.25, 0.3) is 0 Å². The number of carbonyl (C=O) groups excluding carboxylic acids is 1. The van der Waals surface area contributed by atoms with Gasteiger partial charge in [-0.1, -0.05) is 18.2 Å². The Morgan fingerprint density at radius 1 is 1.17 bits per heavy atom. The van der Waals surface area contributed by atoms with Crippen LogP contribution in [0, 0.1) is 0 Å². The molecule has 9 nitrogen and oxygen atoms in total. The SMILES string of the molecule is CCOC1C=c2c(c(-c3nnn[nH]3)c(-c3ccc(NC(=O)NC4CCC4)cc3)n2C2CCC2)=CC1. The quantitative estimate of drug-likeness (QED) is 0.489. The van der Waals surface area contributed by atoms with Crippen molar-refractivity contribution in [2.45, 2.75) is 70.1 Å². The Morgan fingerprint density at radius 3 is 2.60 bits per heavy atom. The Morgan fingerprint density at radius 2 is 1.97 bits per heavy atom. The van der Waals surface area contributed by atoms with Gasteiger partial charge in [-0.3, -0.25) is 0 Å². The summed E-state index contributed by atoms with van der Waals surface area (Å²) in [5, 5.41) is 23.3. The first kappa shape index (κ1) is 22.0. The van der Waals surface area contributed by atoms with Crippen LogP contribution in [-0.4, -0.2) is 50.0 Å². The van der Waals surface area contributed by atoms with Crippen molar-refractivity contribution in [3.05, 3.63) is 34.8 Å². The van der Waals surface area contributed by atoms with Gasteiger partial charge in [-0.15, -0.1) is 5.10 Å². The van der Waals surface area contributed by atoms with E-state index in [1.165, 1.54) is 18.2 Å². The molecule has 9 heteroatoms. The van der Waals surface area contributed by atoms with Gasteiger partial charge in [-0.05, 0) is 86.1 Å². The number of nitrogens with zero attached hydrogens (tertiary/aromatic N) is 4. The van der Waals surface area contributed by atoms with Crippen LogP contribution in [-0.2, 0) is 4.74 Å². The second kappa shape index (κ2) is 9.30. The van der Waals surface area contributed by atoms with Crippen LogP contribution < -0.4 is 21.2 Å². The number of nitrogens with one attached hydrogen (secondary N) is 3. The molecule has 3 N–H and O–H groups in total. The van der Waals surface area contributed by atoms with E-state index in [0.29, 0.717) is 24.5 Å². The van der Waals surface area contributed by atoms with Crippen molar-refractivity contribution >= 4 is 23.9 Å². The first-order valence-corrected chi connectivity index (χ1v) is 12.7. The number of carbonyl (C=O) groups is 1. The highest BCUT2D eigenvalue weighted by molar-refractivity contribution is 5.90. The van der Waals surface area contributed by atoms with E-state index in [1.807, 2.05) is 19.1 Å². The number of fused-ring (bicyclic) bond motifs is 1. The molecule has 6 rings (SSSR count). The molecule has 2 fully saturated rings. The smallest absolute Gasteiger partial charge is 0.319 e. The molecular weight excluding hydrogens is 442 g/mol. The summed E-state index contributed by atoms with van der Waals surface area (Å²) in [5.41, 5.74) is 3.96. The molecule has 0 saturated heterocycles. The van der Waals surface area contributed by atoms with Crippen molar-refractivity contribution in [1.29, 1.82) is 0 Å². The van der Waals surface area contributed by atoms with Gasteiger partial charge in [0.2, 0.25) is 0 Å². The molecule has 2 heterocycles. The lowest BCUT2D eigenvalue weighted by atomic mass is 9.92. The van der Waals surface area contributed by atoms with Gasteiger partial charge < -0.3 is 19.9 Å². The van der Waals surface area contributed by atoms with Gasteiger partial charge >= 0.3 is 6.03 Å². The van der Waals surface area contributed by atoms with Crippen LogP contribution in [0.25, 0.3) is 34.8 Å². The predicted octanol–water partition coefficient (Wildman–Crippen LogP) is 3.10. The summed E-state index contributed by atoms with van der Waals surface area (Å²) in [6.45, 7) is 2.72. The molecule has 3 aliphatic rings. The molecule has 35 heavy (non-hydrogen) atoms. The minimum atomic E-state index is -0.143. The molecule has 0 bridgehead atoms. The zero-order valence-electron chi connectivity index (χ0n) is 20.0. The highest BCUT2D eigenvalue weighted by Crippen LogP contribution is 2.37. The standard InChI is InChI=1S/C26H31N7O2/c1-2-35-20-13-14-21-22(15-20)33(19-7-4-8-19)24(23(21)25-29-31-32-30-25)16-9-11-18(12-10-16)28-26(34)27-17-5-3-6-17/h9-12,14-15,17,19-20H,2-8,13H2,1H3,(H2,27,28,34)(H,29,30,31,32). The third kappa shape index (κ3) is 4.14. The lowest BCUT2D eigenvalue weighted by Crippen LogP contribution is -2.41. The molecule has 1 atom stereocenters. The van der Waals surface area contributed by atoms with E-state index < -0.39 is 0 Å². The van der Waals surface area contributed by atoms with Gasteiger partial charge in [-0.25, -0.2) is 9.89 Å². The summed E-state index contributed by atoms with van der Waals surface area (Å²) in [4.78, 5) is 12.3. The summed E-state index contributed by atoms with van der Waals surface area (Å²) in [6, 6.07) is 8.66. The van der Waals surface area contributed by atoms with Crippen LogP contribution in [0.15, 0.2) is 24.3 Å². The number of tetrazole rings is 1. The second-order valence-electron chi connectivity index (χ2n) is 9.63. The van der Waals surface area contributed by atoms with Gasteiger partial charge in [0.05, 0.1) is 17.4 Å². The van der Waals surface area contributed by atoms with Gasteiger partial charge in [0, 0.05) is 34.9 Å². The van der Waals surface area contributed by atoms with E-state index >= 15 is 0 Å². The maximum absolute atomic E-state index is 12.3. The first-order chi connectivity index (χ1) is 17.2. The molecule has 1 unspecified atom stereocenters. The van der Waals surface area contributed by atoms with Crippen LogP contribution in [0.1, 0.15) is 57.9 Å². The van der Waals surface area contributed by atoms with Crippen molar-refractivity contribution in [2.75, 3.05) is 11.9 Å². The summed E-state index contributed by atoms with van der Waals surface area (Å²) in [5.74, 6) is 0.663. The number of rotatable bonds is 7. The fraction of sp³-hybridized carbons (Fsp3) is 0.462. The topological polar surface area (TPSA) is 110 Å². The van der Waals surface area contributed by atoms with Crippen LogP contribution in [0.3, 0.4) is 0 Å². The summed E-state index contributed by atoms with van der Waals surface area (Å²) in [7, 11) is 0. The Balaban J connectivity index is 1.43. The largest absolute Gasteiger partial charge is 0.374 e. The molecule has 2 aromatic heterocycles. The number of hydrogen-bond donors (Lipinski definition) is 3. The van der Waals surface area contributed by atoms with Crippen LogP contribution in [0.2, 0.25) is 0 Å². The first-order valence-electron chi connectivity index (χ1n) is 12.7. The summed E-state index contributed by atoms with van der Waals surface area (Å²) < 4.78 is 8.43. The van der Waals surface area contributed by atoms with Crippen molar-refractivity contribution in [2.24, 2.45) is 0 Å². The molecule has 0 spiro atoms. The highest BCUT2D eigenvalue weighted by atomic mass is 16.5. The number of hydrogen-bond acceptors (Lipinski definition) is 5. The van der Waals surface area contributed by atoms with E-state index in [2.05, 4.69) is 60.1 Å². The van der Waals surface area contributed by atoms with Crippen molar-refractivity contribution in [1.82, 2.24) is 30.5 Å². The highest BCUT2D eigenvalue weighted by Gasteiger charge is 2.29. The van der Waals surface area contributed by atoms with Crippen LogP contribution in [0.5, 0.6) is 0 Å². The van der Waals surface area contributed by atoms with E-state index in [0.717, 1.165) is 59.8 Å². The maximum atomic E-state index is 12.3. The number of benzene rings is 1. The maximum Gasteiger partial charge on any atom is 0.319 e. The zero-order chi connectivity index (χ0) is 23.8. The Hall–Kier alpha value is -3.46. The molecule has 0 aliphatic heterocycles. The second-order valence-corrected chi connectivity index (χ2v) is 9.63. The lowest BCUT2D eigenvalue weighted by Gasteiger charge is -2.30. The average molecular weight is 474 g/mol. The molecular formula is C26H31N7O2. The third-order valence-corrected chi connectivity index (χ3v) is 7.44. The number of ether oxygens (including phenoxy) is 1. The van der Waals surface area contributed by atoms with Crippen LogP contribution in [0.4, 0.5) is 10.5 Å². The summed E-state index contributed by atoms with van der Waals surface area (Å²) in [6.07, 6.45) is 12.2. The van der Waals surface area contributed by atoms with Gasteiger partial charge in [-0.2, -0.15) is 0 Å². The molecule has 2 saturated carbocycles. The predicted molar refractivity (Wildman–Crippen MR) is 134 cm³/mol. The fourth-order valence-electron chi connectivity index (χ4n) is 5.24. The zero-order valence-corrected chi connectivity index (χ0v) is 20.0. The van der Waals surface area contributed by atoms with Crippen molar-refractivity contribution in [3.63, 3.8) is 0 Å². The van der Waals surface area contributed by atoms with E-state index in [4.69, 9.17) is 4.74 Å². The monoisotopic (exact) mass is 473 g/mol. The summed E-state index contributed by atoms with van der Waals surface area (Å²) >= 11 is 0. The number of amides is 2. The van der Waals surface area contributed by atoms with Crippen molar-refractivity contribution < 1.29 is 9.53 Å². The molecule has 0 radical (unpaired) electrons. The number of aromatic amines is 1. The van der Waals surface area contributed by atoms with Gasteiger partial charge in [0.15, 0.2) is 5.82 Å². The number of anilines is 1. The van der Waals surface area contributed by atoms with E-state index in [9.17, 15) is 4.79 Å². The van der Waals surface area contributed by atoms with Crippen LogP contribution >= 0.6 is 0 Å². The normalized spacial score (nSPS) is 19.6. The number of aromatic nitrogens is 5. The molecule has 3 aromatic rings. The average Bonchev–Trinajstić information content (AvgIpc) is 3.43. The van der Waals surface area contributed by atoms with E-state index in [-0.39, 0.29) is 12.1 Å². The minimum absolute atomic E-state index is 0.0653. The Kier molecular flexibility index (Phi) is 5.85. The lowest BCUT2D eigenvalue weighted by molar-refractivity contribution is 0.110. The molecule has 3 aliphatic carbocycles. The Labute approximate surface area is 203 Å². The number of H-pyrrole nitrogens is 1. The number of urea groups is 1. The minimum Gasteiger partial charge on any atom is -0.374 e. The molecule has 1 aromatic carbocycles. The fourth-order valence-corrected chi connectivity index (χ4v) is 5.24. The van der Waals surface area contributed by atoms with Crippen molar-refractivity contribution in [3.8, 4) is 22.6 Å². The Bertz CT molecular complexity index is 1320. The third-order valence-electron chi connectivity index (χ3n) is 7.44.